The summed E-state index contributed by atoms with van der Waals surface area (Å²) in [6.45, 7) is 4.43. The fraction of sp³-hybridized carbons (Fsp3) is 0.450. The summed E-state index contributed by atoms with van der Waals surface area (Å²) in [4.78, 5) is 8.25. The lowest BCUT2D eigenvalue weighted by atomic mass is 9.96. The molecule has 1 aliphatic heterocycles. The predicted molar refractivity (Wildman–Crippen MR) is 104 cm³/mol. The van der Waals surface area contributed by atoms with E-state index in [0.717, 1.165) is 42.3 Å². The van der Waals surface area contributed by atoms with Gasteiger partial charge >= 0.3 is 0 Å². The van der Waals surface area contributed by atoms with Crippen LogP contribution < -0.4 is 0 Å². The number of hydrogen-bond donors (Lipinski definition) is 2. The first-order valence-electron chi connectivity index (χ1n) is 9.15. The zero-order chi connectivity index (χ0) is 18.1. The molecule has 3 heterocycles. The van der Waals surface area contributed by atoms with Gasteiger partial charge in [0.1, 0.15) is 0 Å². The van der Waals surface area contributed by atoms with Crippen LogP contribution in [0.15, 0.2) is 35.8 Å². The molecule has 0 aliphatic carbocycles. The van der Waals surface area contributed by atoms with Crippen LogP contribution in [0.4, 0.5) is 0 Å². The normalized spacial score (nSPS) is 22.0. The monoisotopic (exact) mass is 371 g/mol. The van der Waals surface area contributed by atoms with Crippen molar-refractivity contribution < 1.29 is 10.2 Å². The van der Waals surface area contributed by atoms with Gasteiger partial charge in [-0.1, -0.05) is 29.8 Å². The summed E-state index contributed by atoms with van der Waals surface area (Å²) < 4.78 is 2.18. The second kappa shape index (κ2) is 7.12. The minimum absolute atomic E-state index is 0.156. The predicted octanol–water partition coefficient (Wildman–Crippen LogP) is 3.08. The van der Waals surface area contributed by atoms with Gasteiger partial charge in [-0.15, -0.1) is 11.3 Å². The number of nitrogens with zero attached hydrogens (tertiary/aromatic N) is 3. The molecular weight excluding hydrogens is 346 g/mol. The fourth-order valence-electron chi connectivity index (χ4n) is 3.69. The molecule has 1 aromatic carbocycles. The van der Waals surface area contributed by atoms with E-state index < -0.39 is 5.60 Å². The summed E-state index contributed by atoms with van der Waals surface area (Å²) >= 11 is 1.65. The van der Waals surface area contributed by atoms with Crippen LogP contribution in [-0.4, -0.2) is 49.8 Å². The molecule has 1 fully saturated rings. The Balaban J connectivity index is 1.64. The third-order valence-electron chi connectivity index (χ3n) is 5.36. The van der Waals surface area contributed by atoms with Crippen LogP contribution in [-0.2, 0) is 6.54 Å². The molecule has 5 nitrogen and oxygen atoms in total. The number of aliphatic hydroxyl groups is 2. The van der Waals surface area contributed by atoms with E-state index in [1.54, 1.807) is 11.3 Å². The zero-order valence-corrected chi connectivity index (χ0v) is 15.9. The fourth-order valence-corrected chi connectivity index (χ4v) is 4.42. The standard InChI is InChI=1S/C20H25N3O2S/c1-15-3-5-16(6-4-15)18-17(23-11-12-26-19(23)21-18)13-22-9-2-7-20(25,14-24)8-10-22/h3-6,11-12,24-25H,2,7-10,13-14H2,1H3/t20-/m0/s1. The number of aryl methyl sites for hydroxylation is 1. The summed E-state index contributed by atoms with van der Waals surface area (Å²) in [6, 6.07) is 8.52. The van der Waals surface area contributed by atoms with Crippen molar-refractivity contribution in [3.8, 4) is 11.3 Å². The number of likely N-dealkylation sites (tertiary alicyclic amines) is 1. The molecule has 1 saturated heterocycles. The molecule has 2 N–H and O–H groups in total. The summed E-state index contributed by atoms with van der Waals surface area (Å²) in [5, 5.41) is 21.9. The second-order valence-electron chi connectivity index (χ2n) is 7.34. The van der Waals surface area contributed by atoms with Gasteiger partial charge in [0.05, 0.1) is 23.6 Å². The summed E-state index contributed by atoms with van der Waals surface area (Å²) in [5.41, 5.74) is 3.69. The zero-order valence-electron chi connectivity index (χ0n) is 15.1. The lowest BCUT2D eigenvalue weighted by Crippen LogP contribution is -2.34. The van der Waals surface area contributed by atoms with Crippen molar-refractivity contribution in [3.63, 3.8) is 0 Å². The van der Waals surface area contributed by atoms with E-state index in [1.807, 2.05) is 0 Å². The molecule has 2 aromatic heterocycles. The molecule has 0 bridgehead atoms. The van der Waals surface area contributed by atoms with Gasteiger partial charge in [-0.2, -0.15) is 0 Å². The third-order valence-corrected chi connectivity index (χ3v) is 6.12. The number of aromatic nitrogens is 2. The summed E-state index contributed by atoms with van der Waals surface area (Å²) in [6.07, 6.45) is 4.24. The van der Waals surface area contributed by atoms with Crippen LogP contribution in [0.5, 0.6) is 0 Å². The maximum absolute atomic E-state index is 10.4. The Kier molecular flexibility index (Phi) is 4.84. The molecular formula is C20H25N3O2S. The minimum atomic E-state index is -0.927. The van der Waals surface area contributed by atoms with Gasteiger partial charge in [-0.25, -0.2) is 4.98 Å². The van der Waals surface area contributed by atoms with Crippen molar-refractivity contribution in [1.82, 2.24) is 14.3 Å². The van der Waals surface area contributed by atoms with Gasteiger partial charge in [0.2, 0.25) is 0 Å². The van der Waals surface area contributed by atoms with Crippen LogP contribution in [0.25, 0.3) is 16.2 Å². The van der Waals surface area contributed by atoms with Crippen LogP contribution >= 0.6 is 11.3 Å². The molecule has 0 spiro atoms. The molecule has 6 heteroatoms. The smallest absolute Gasteiger partial charge is 0.194 e. The van der Waals surface area contributed by atoms with E-state index >= 15 is 0 Å². The molecule has 0 unspecified atom stereocenters. The van der Waals surface area contributed by atoms with Crippen molar-refractivity contribution in [2.24, 2.45) is 0 Å². The minimum Gasteiger partial charge on any atom is -0.393 e. The second-order valence-corrected chi connectivity index (χ2v) is 8.21. The Labute approximate surface area is 157 Å². The van der Waals surface area contributed by atoms with Gasteiger partial charge in [0.25, 0.3) is 0 Å². The van der Waals surface area contributed by atoms with E-state index in [0.29, 0.717) is 12.8 Å². The van der Waals surface area contributed by atoms with Crippen LogP contribution in [0.1, 0.15) is 30.5 Å². The number of thiazole rings is 1. The van der Waals surface area contributed by atoms with E-state index in [1.165, 1.54) is 11.3 Å². The quantitative estimate of drug-likeness (QED) is 0.740. The van der Waals surface area contributed by atoms with Crippen molar-refractivity contribution in [2.75, 3.05) is 19.7 Å². The maximum atomic E-state index is 10.4. The average Bonchev–Trinajstić information content (AvgIpc) is 3.17. The highest BCUT2D eigenvalue weighted by atomic mass is 32.1. The lowest BCUT2D eigenvalue weighted by Gasteiger charge is -2.24. The Hall–Kier alpha value is -1.73. The first-order valence-corrected chi connectivity index (χ1v) is 10.0. The largest absolute Gasteiger partial charge is 0.393 e. The van der Waals surface area contributed by atoms with E-state index in [-0.39, 0.29) is 6.61 Å². The highest BCUT2D eigenvalue weighted by Gasteiger charge is 2.30. The Morgan fingerprint density at radius 2 is 2.00 bits per heavy atom. The van der Waals surface area contributed by atoms with Crippen molar-refractivity contribution in [1.29, 1.82) is 0 Å². The van der Waals surface area contributed by atoms with Crippen molar-refractivity contribution >= 4 is 16.3 Å². The van der Waals surface area contributed by atoms with Crippen molar-refractivity contribution in [3.05, 3.63) is 47.1 Å². The Morgan fingerprint density at radius 1 is 1.19 bits per heavy atom. The number of hydrogen-bond acceptors (Lipinski definition) is 5. The molecule has 26 heavy (non-hydrogen) atoms. The average molecular weight is 372 g/mol. The first kappa shape index (κ1) is 17.7. The van der Waals surface area contributed by atoms with Crippen molar-refractivity contribution in [2.45, 2.75) is 38.3 Å². The first-order chi connectivity index (χ1) is 12.6. The molecule has 1 atom stereocenters. The highest BCUT2D eigenvalue weighted by Crippen LogP contribution is 2.29. The molecule has 0 saturated carbocycles. The van der Waals surface area contributed by atoms with Gasteiger partial charge in [-0.3, -0.25) is 9.30 Å². The number of imidazole rings is 1. The van der Waals surface area contributed by atoms with E-state index in [2.05, 4.69) is 52.1 Å². The van der Waals surface area contributed by atoms with Crippen LogP contribution in [0, 0.1) is 6.92 Å². The molecule has 1 aliphatic rings. The van der Waals surface area contributed by atoms with Gasteiger partial charge in [0, 0.05) is 30.2 Å². The number of benzene rings is 1. The number of aliphatic hydroxyl groups excluding tert-OH is 1. The number of fused-ring (bicyclic) bond motifs is 1. The topological polar surface area (TPSA) is 61.0 Å². The molecule has 4 rings (SSSR count). The molecule has 0 radical (unpaired) electrons. The summed E-state index contributed by atoms with van der Waals surface area (Å²) in [7, 11) is 0. The van der Waals surface area contributed by atoms with Gasteiger partial charge < -0.3 is 10.2 Å². The lowest BCUT2D eigenvalue weighted by molar-refractivity contribution is -0.0255. The molecule has 0 amide bonds. The van der Waals surface area contributed by atoms with Gasteiger partial charge in [-0.05, 0) is 32.7 Å². The Morgan fingerprint density at radius 3 is 2.77 bits per heavy atom. The molecule has 3 aromatic rings. The van der Waals surface area contributed by atoms with E-state index in [4.69, 9.17) is 4.98 Å². The van der Waals surface area contributed by atoms with Gasteiger partial charge in [0.15, 0.2) is 4.96 Å². The third kappa shape index (κ3) is 3.42. The summed E-state index contributed by atoms with van der Waals surface area (Å²) in [5.74, 6) is 0. The van der Waals surface area contributed by atoms with Crippen LogP contribution in [0.2, 0.25) is 0 Å². The maximum Gasteiger partial charge on any atom is 0.194 e. The highest BCUT2D eigenvalue weighted by molar-refractivity contribution is 7.15. The SMILES string of the molecule is Cc1ccc(-c2nc3sccn3c2CN2CCC[C@@](O)(CO)CC2)cc1. The Bertz CT molecular complexity index is 886. The van der Waals surface area contributed by atoms with Crippen LogP contribution in [0.3, 0.4) is 0 Å². The number of rotatable bonds is 4. The molecule has 138 valence electrons. The van der Waals surface area contributed by atoms with E-state index in [9.17, 15) is 10.2 Å².